The Hall–Kier alpha value is -1.96. The molecule has 0 saturated carbocycles. The second-order valence-corrected chi connectivity index (χ2v) is 6.19. The Morgan fingerprint density at radius 1 is 0.870 bits per heavy atom. The van der Waals surface area contributed by atoms with Crippen LogP contribution in [-0.2, 0) is 13.0 Å². The summed E-state index contributed by atoms with van der Waals surface area (Å²) in [5, 5.41) is 0. The molecule has 0 bridgehead atoms. The topological polar surface area (TPSA) is 20.9 Å². The van der Waals surface area contributed by atoms with Crippen molar-refractivity contribution in [2.45, 2.75) is 58.4 Å². The van der Waals surface area contributed by atoms with Gasteiger partial charge >= 0.3 is 0 Å². The average Bonchev–Trinajstić information content (AvgIpc) is 2.60. The first-order chi connectivity index (χ1) is 11.3. The summed E-state index contributed by atoms with van der Waals surface area (Å²) in [5.41, 5.74) is 2.14. The molecule has 0 aliphatic carbocycles. The van der Waals surface area contributed by atoms with Crippen molar-refractivity contribution in [3.05, 3.63) is 66.0 Å². The molecule has 2 heteroatoms. The fraction of sp³-hybridized carbons (Fsp3) is 0.429. The normalized spacial score (nSPS) is 10.7. The molecule has 122 valence electrons. The number of hydrogen-bond acceptors (Lipinski definition) is 1. The predicted molar refractivity (Wildman–Crippen MR) is 94.5 cm³/mol. The molecule has 23 heavy (non-hydrogen) atoms. The summed E-state index contributed by atoms with van der Waals surface area (Å²) in [4.78, 5) is 12.2. The van der Waals surface area contributed by atoms with Gasteiger partial charge in [0.1, 0.15) is 0 Å². The molecule has 0 aliphatic heterocycles. The quantitative estimate of drug-likeness (QED) is 0.352. The highest BCUT2D eigenvalue weighted by molar-refractivity contribution is 5.94. The van der Waals surface area contributed by atoms with E-state index < -0.39 is 0 Å². The molecule has 0 radical (unpaired) electrons. The predicted octanol–water partition coefficient (Wildman–Crippen LogP) is 4.76. The zero-order valence-electron chi connectivity index (χ0n) is 14.2. The maximum atomic E-state index is 12.2. The summed E-state index contributed by atoms with van der Waals surface area (Å²) in [5.74, 6) is 0.152. The monoisotopic (exact) mass is 310 g/mol. The van der Waals surface area contributed by atoms with Crippen LogP contribution >= 0.6 is 0 Å². The Morgan fingerprint density at radius 3 is 2.22 bits per heavy atom. The van der Waals surface area contributed by atoms with E-state index in [1.54, 1.807) is 0 Å². The average molecular weight is 310 g/mol. The Balaban J connectivity index is 1.75. The van der Waals surface area contributed by atoms with Crippen molar-refractivity contribution in [2.75, 3.05) is 0 Å². The Labute approximate surface area is 140 Å². The molecule has 1 aromatic carbocycles. The molecule has 2 nitrogen and oxygen atoms in total. The van der Waals surface area contributed by atoms with Crippen molar-refractivity contribution in [1.82, 2.24) is 0 Å². The lowest BCUT2D eigenvalue weighted by molar-refractivity contribution is -0.683. The third kappa shape index (κ3) is 6.35. The van der Waals surface area contributed by atoms with Gasteiger partial charge < -0.3 is 0 Å². The number of Topliss-reactive ketones (excluding diaryl/α,β-unsaturated/α-hetero) is 1. The van der Waals surface area contributed by atoms with E-state index in [0.29, 0.717) is 6.54 Å². The van der Waals surface area contributed by atoms with Crippen LogP contribution in [0.15, 0.2) is 54.9 Å². The zero-order valence-corrected chi connectivity index (χ0v) is 14.2. The molecule has 2 rings (SSSR count). The molecule has 0 fully saturated rings. The van der Waals surface area contributed by atoms with Gasteiger partial charge in [-0.1, -0.05) is 69.4 Å². The van der Waals surface area contributed by atoms with E-state index in [2.05, 4.69) is 19.1 Å². The van der Waals surface area contributed by atoms with Gasteiger partial charge in [-0.15, -0.1) is 0 Å². The van der Waals surface area contributed by atoms with Gasteiger partial charge in [-0.3, -0.25) is 4.79 Å². The minimum absolute atomic E-state index is 0.152. The van der Waals surface area contributed by atoms with E-state index in [4.69, 9.17) is 0 Å². The second kappa shape index (κ2) is 9.94. The van der Waals surface area contributed by atoms with E-state index in [9.17, 15) is 4.79 Å². The summed E-state index contributed by atoms with van der Waals surface area (Å²) in [7, 11) is 0. The van der Waals surface area contributed by atoms with E-state index in [1.807, 2.05) is 47.3 Å². The lowest BCUT2D eigenvalue weighted by Crippen LogP contribution is -2.37. The highest BCUT2D eigenvalue weighted by Crippen LogP contribution is 2.09. The lowest BCUT2D eigenvalue weighted by Gasteiger charge is -2.02. The first-order valence-electron chi connectivity index (χ1n) is 8.86. The van der Waals surface area contributed by atoms with Crippen molar-refractivity contribution in [1.29, 1.82) is 0 Å². The summed E-state index contributed by atoms with van der Waals surface area (Å²) in [6, 6.07) is 13.8. The summed E-state index contributed by atoms with van der Waals surface area (Å²) < 4.78 is 1.96. The maximum Gasteiger partial charge on any atom is 0.227 e. The molecule has 0 saturated heterocycles. The van der Waals surface area contributed by atoms with Gasteiger partial charge in [0.15, 0.2) is 12.4 Å². The number of aromatic nitrogens is 1. The molecule has 0 amide bonds. The molecule has 0 spiro atoms. The minimum Gasteiger partial charge on any atom is -0.287 e. The number of hydrogen-bond donors (Lipinski definition) is 0. The Bertz CT molecular complexity index is 575. The van der Waals surface area contributed by atoms with Crippen LogP contribution in [0, 0.1) is 0 Å². The molecule has 2 aromatic rings. The number of aryl methyl sites for hydroxylation is 1. The second-order valence-electron chi connectivity index (χ2n) is 6.19. The Morgan fingerprint density at radius 2 is 1.52 bits per heavy atom. The molecule has 0 aliphatic rings. The molecule has 1 aromatic heterocycles. The fourth-order valence-corrected chi connectivity index (χ4v) is 2.75. The molecule has 1 heterocycles. The van der Waals surface area contributed by atoms with Crippen LogP contribution in [0.4, 0.5) is 0 Å². The smallest absolute Gasteiger partial charge is 0.227 e. The zero-order chi connectivity index (χ0) is 16.3. The standard InChI is InChI=1S/C21H28NO/c1-2-3-4-5-6-8-11-19-14-16-22(17-15-19)18-21(23)20-12-9-7-10-13-20/h7,9-10,12-17H,2-6,8,11,18H2,1H3/q+1. The van der Waals surface area contributed by atoms with Crippen molar-refractivity contribution >= 4 is 5.78 Å². The van der Waals surface area contributed by atoms with Gasteiger partial charge in [0.05, 0.1) is 0 Å². The number of rotatable bonds is 10. The third-order valence-electron chi connectivity index (χ3n) is 4.20. The number of benzene rings is 1. The van der Waals surface area contributed by atoms with E-state index in [0.717, 1.165) is 12.0 Å². The highest BCUT2D eigenvalue weighted by atomic mass is 16.1. The first-order valence-corrected chi connectivity index (χ1v) is 8.86. The van der Waals surface area contributed by atoms with Gasteiger partial charge in [-0.05, 0) is 18.4 Å². The van der Waals surface area contributed by atoms with Crippen LogP contribution in [0.5, 0.6) is 0 Å². The number of unbranched alkanes of at least 4 members (excludes halogenated alkanes) is 5. The van der Waals surface area contributed by atoms with Crippen molar-refractivity contribution in [3.63, 3.8) is 0 Å². The van der Waals surface area contributed by atoms with Crippen LogP contribution in [-0.4, -0.2) is 5.78 Å². The maximum absolute atomic E-state index is 12.2. The largest absolute Gasteiger partial charge is 0.287 e. The fourth-order valence-electron chi connectivity index (χ4n) is 2.75. The van der Waals surface area contributed by atoms with Gasteiger partial charge in [0, 0.05) is 17.7 Å². The van der Waals surface area contributed by atoms with Crippen molar-refractivity contribution < 1.29 is 9.36 Å². The van der Waals surface area contributed by atoms with E-state index in [1.165, 1.54) is 44.1 Å². The highest BCUT2D eigenvalue weighted by Gasteiger charge is 2.11. The number of carbonyl (C=O) groups is 1. The summed E-state index contributed by atoms with van der Waals surface area (Å²) >= 11 is 0. The van der Waals surface area contributed by atoms with Gasteiger partial charge in [-0.25, -0.2) is 0 Å². The van der Waals surface area contributed by atoms with E-state index in [-0.39, 0.29) is 5.78 Å². The molecular formula is C21H28NO+. The van der Waals surface area contributed by atoms with Crippen LogP contribution in [0.25, 0.3) is 0 Å². The third-order valence-corrected chi connectivity index (χ3v) is 4.20. The molecule has 0 N–H and O–H groups in total. The number of pyridine rings is 1. The van der Waals surface area contributed by atoms with Gasteiger partial charge in [0.2, 0.25) is 12.3 Å². The number of ketones is 1. The van der Waals surface area contributed by atoms with Crippen LogP contribution < -0.4 is 4.57 Å². The molecule has 0 atom stereocenters. The van der Waals surface area contributed by atoms with Crippen LogP contribution in [0.2, 0.25) is 0 Å². The molecule has 0 unspecified atom stereocenters. The first kappa shape index (κ1) is 17.4. The minimum atomic E-state index is 0.152. The number of carbonyl (C=O) groups excluding carboxylic acids is 1. The van der Waals surface area contributed by atoms with Crippen molar-refractivity contribution in [3.8, 4) is 0 Å². The van der Waals surface area contributed by atoms with Crippen LogP contribution in [0.3, 0.4) is 0 Å². The van der Waals surface area contributed by atoms with Crippen LogP contribution in [0.1, 0.15) is 61.4 Å². The van der Waals surface area contributed by atoms with E-state index >= 15 is 0 Å². The van der Waals surface area contributed by atoms with Crippen molar-refractivity contribution in [2.24, 2.45) is 0 Å². The summed E-state index contributed by atoms with van der Waals surface area (Å²) in [6.45, 7) is 2.66. The Kier molecular flexibility index (Phi) is 7.51. The number of nitrogens with zero attached hydrogens (tertiary/aromatic N) is 1. The lowest BCUT2D eigenvalue weighted by atomic mass is 10.1. The SMILES string of the molecule is CCCCCCCCc1cc[n+](CC(=O)c2ccccc2)cc1. The summed E-state index contributed by atoms with van der Waals surface area (Å²) in [6.07, 6.45) is 13.2. The van der Waals surface area contributed by atoms with Gasteiger partial charge in [0.25, 0.3) is 0 Å². The molecular weight excluding hydrogens is 282 g/mol. The van der Waals surface area contributed by atoms with Gasteiger partial charge in [-0.2, -0.15) is 4.57 Å².